The van der Waals surface area contributed by atoms with E-state index in [9.17, 15) is 0 Å². The quantitative estimate of drug-likeness (QED) is 0.451. The lowest BCUT2D eigenvalue weighted by molar-refractivity contribution is 0.538. The van der Waals surface area contributed by atoms with Gasteiger partial charge in [0.25, 0.3) is 0 Å². The SMILES string of the molecule is C#CCNCCCC(C)C. The van der Waals surface area contributed by atoms with Gasteiger partial charge in [0, 0.05) is 0 Å². The van der Waals surface area contributed by atoms with E-state index in [1.54, 1.807) is 0 Å². The maximum atomic E-state index is 5.06. The van der Waals surface area contributed by atoms with Crippen LogP contribution < -0.4 is 5.32 Å². The highest BCUT2D eigenvalue weighted by Crippen LogP contribution is 2.01. The van der Waals surface area contributed by atoms with E-state index in [-0.39, 0.29) is 0 Å². The summed E-state index contributed by atoms with van der Waals surface area (Å²) in [4.78, 5) is 0. The van der Waals surface area contributed by atoms with Gasteiger partial charge in [-0.2, -0.15) is 0 Å². The fourth-order valence-electron chi connectivity index (χ4n) is 0.796. The van der Waals surface area contributed by atoms with Crippen LogP contribution in [0.4, 0.5) is 0 Å². The van der Waals surface area contributed by atoms with E-state index in [0.29, 0.717) is 6.54 Å². The highest BCUT2D eigenvalue weighted by Gasteiger charge is 1.91. The van der Waals surface area contributed by atoms with Crippen molar-refractivity contribution in [3.8, 4) is 12.3 Å². The van der Waals surface area contributed by atoms with Crippen molar-refractivity contribution in [2.24, 2.45) is 5.92 Å². The number of nitrogens with one attached hydrogen (secondary N) is 1. The normalized spacial score (nSPS) is 9.80. The zero-order chi connectivity index (χ0) is 7.82. The first kappa shape index (κ1) is 9.52. The lowest BCUT2D eigenvalue weighted by Crippen LogP contribution is -2.15. The van der Waals surface area contributed by atoms with Gasteiger partial charge in [-0.1, -0.05) is 19.8 Å². The van der Waals surface area contributed by atoms with Crippen molar-refractivity contribution >= 4 is 0 Å². The van der Waals surface area contributed by atoms with E-state index < -0.39 is 0 Å². The van der Waals surface area contributed by atoms with E-state index in [1.165, 1.54) is 12.8 Å². The second-order valence-electron chi connectivity index (χ2n) is 2.92. The maximum Gasteiger partial charge on any atom is 0.0573 e. The highest BCUT2D eigenvalue weighted by atomic mass is 14.8. The third-order valence-electron chi connectivity index (χ3n) is 1.36. The van der Waals surface area contributed by atoms with Gasteiger partial charge in [0.15, 0.2) is 0 Å². The molecule has 0 fully saturated rings. The first-order valence-electron chi connectivity index (χ1n) is 3.91. The number of terminal acetylenes is 1. The Morgan fingerprint density at radius 1 is 1.50 bits per heavy atom. The first-order chi connectivity index (χ1) is 4.77. The summed E-state index contributed by atoms with van der Waals surface area (Å²) < 4.78 is 0. The largest absolute Gasteiger partial charge is 0.306 e. The van der Waals surface area contributed by atoms with Gasteiger partial charge in [0.1, 0.15) is 0 Å². The number of rotatable bonds is 5. The van der Waals surface area contributed by atoms with Crippen molar-refractivity contribution in [1.82, 2.24) is 5.32 Å². The van der Waals surface area contributed by atoms with Crippen molar-refractivity contribution in [1.29, 1.82) is 0 Å². The summed E-state index contributed by atoms with van der Waals surface area (Å²) in [6.07, 6.45) is 7.58. The zero-order valence-electron chi connectivity index (χ0n) is 6.98. The van der Waals surface area contributed by atoms with Gasteiger partial charge in [-0.15, -0.1) is 6.42 Å². The van der Waals surface area contributed by atoms with Gasteiger partial charge < -0.3 is 5.32 Å². The molecule has 0 saturated heterocycles. The molecule has 0 saturated carbocycles. The standard InChI is InChI=1S/C9H17N/c1-4-7-10-8-5-6-9(2)3/h1,9-10H,5-8H2,2-3H3. The number of hydrogen-bond donors (Lipinski definition) is 1. The molecule has 1 N–H and O–H groups in total. The first-order valence-corrected chi connectivity index (χ1v) is 3.91. The third-order valence-corrected chi connectivity index (χ3v) is 1.36. The van der Waals surface area contributed by atoms with Crippen LogP contribution in [0.5, 0.6) is 0 Å². The average Bonchev–Trinajstić information content (AvgIpc) is 1.87. The van der Waals surface area contributed by atoms with Crippen LogP contribution in [0, 0.1) is 18.3 Å². The Balaban J connectivity index is 2.86. The molecule has 1 nitrogen and oxygen atoms in total. The number of hydrogen-bond acceptors (Lipinski definition) is 1. The van der Waals surface area contributed by atoms with Crippen LogP contribution in [-0.4, -0.2) is 13.1 Å². The van der Waals surface area contributed by atoms with Crippen LogP contribution in [0.15, 0.2) is 0 Å². The smallest absolute Gasteiger partial charge is 0.0573 e. The second kappa shape index (κ2) is 6.64. The van der Waals surface area contributed by atoms with Crippen molar-refractivity contribution in [2.75, 3.05) is 13.1 Å². The van der Waals surface area contributed by atoms with Crippen LogP contribution in [-0.2, 0) is 0 Å². The predicted octanol–water partition coefficient (Wildman–Crippen LogP) is 1.65. The van der Waals surface area contributed by atoms with Crippen LogP contribution in [0.3, 0.4) is 0 Å². The molecule has 0 heterocycles. The van der Waals surface area contributed by atoms with Gasteiger partial charge in [0.05, 0.1) is 6.54 Å². The summed E-state index contributed by atoms with van der Waals surface area (Å²) in [5.74, 6) is 3.36. The summed E-state index contributed by atoms with van der Waals surface area (Å²) in [6.45, 7) is 6.24. The topological polar surface area (TPSA) is 12.0 Å². The van der Waals surface area contributed by atoms with Gasteiger partial charge in [0.2, 0.25) is 0 Å². The minimum Gasteiger partial charge on any atom is -0.306 e. The fraction of sp³-hybridized carbons (Fsp3) is 0.778. The molecule has 0 unspecified atom stereocenters. The van der Waals surface area contributed by atoms with Gasteiger partial charge in [-0.3, -0.25) is 0 Å². The summed E-state index contributed by atoms with van der Waals surface area (Å²) in [7, 11) is 0. The minimum atomic E-state index is 0.706. The molecule has 0 bridgehead atoms. The zero-order valence-corrected chi connectivity index (χ0v) is 6.98. The molecule has 0 aromatic heterocycles. The molecule has 0 aliphatic heterocycles. The Morgan fingerprint density at radius 2 is 2.20 bits per heavy atom. The van der Waals surface area contributed by atoms with Crippen molar-refractivity contribution < 1.29 is 0 Å². The van der Waals surface area contributed by atoms with Crippen LogP contribution in [0.2, 0.25) is 0 Å². The molecule has 0 aromatic carbocycles. The molecule has 0 amide bonds. The monoisotopic (exact) mass is 139 g/mol. The van der Waals surface area contributed by atoms with E-state index in [4.69, 9.17) is 6.42 Å². The molecule has 0 aliphatic rings. The molecule has 0 rings (SSSR count). The maximum absolute atomic E-state index is 5.06. The van der Waals surface area contributed by atoms with Crippen LogP contribution in [0.1, 0.15) is 26.7 Å². The van der Waals surface area contributed by atoms with Gasteiger partial charge in [-0.25, -0.2) is 0 Å². The second-order valence-corrected chi connectivity index (χ2v) is 2.92. The molecular weight excluding hydrogens is 122 g/mol. The molecule has 0 aliphatic carbocycles. The van der Waals surface area contributed by atoms with Crippen molar-refractivity contribution in [3.05, 3.63) is 0 Å². The summed E-state index contributed by atoms with van der Waals surface area (Å²) >= 11 is 0. The molecule has 10 heavy (non-hydrogen) atoms. The lowest BCUT2D eigenvalue weighted by Gasteiger charge is -2.03. The fourth-order valence-corrected chi connectivity index (χ4v) is 0.796. The molecule has 1 heteroatoms. The minimum absolute atomic E-state index is 0.706. The predicted molar refractivity (Wildman–Crippen MR) is 45.8 cm³/mol. The van der Waals surface area contributed by atoms with E-state index in [2.05, 4.69) is 25.1 Å². The molecule has 58 valence electrons. The van der Waals surface area contributed by atoms with Gasteiger partial charge in [-0.05, 0) is 25.3 Å². The molecule has 0 radical (unpaired) electrons. The van der Waals surface area contributed by atoms with Gasteiger partial charge >= 0.3 is 0 Å². The average molecular weight is 139 g/mol. The summed E-state index contributed by atoms with van der Waals surface area (Å²) in [5.41, 5.74) is 0. The Hall–Kier alpha value is -0.480. The van der Waals surface area contributed by atoms with Crippen LogP contribution in [0.25, 0.3) is 0 Å². The molecule has 0 atom stereocenters. The highest BCUT2D eigenvalue weighted by molar-refractivity contribution is 4.86. The summed E-state index contributed by atoms with van der Waals surface area (Å²) in [5, 5.41) is 3.15. The Morgan fingerprint density at radius 3 is 2.70 bits per heavy atom. The Kier molecular flexibility index (Phi) is 6.32. The van der Waals surface area contributed by atoms with Crippen molar-refractivity contribution in [2.45, 2.75) is 26.7 Å². The molecule has 0 spiro atoms. The lowest BCUT2D eigenvalue weighted by atomic mass is 10.1. The Labute approximate surface area is 64.2 Å². The molecule has 0 aromatic rings. The van der Waals surface area contributed by atoms with E-state index in [1.807, 2.05) is 0 Å². The van der Waals surface area contributed by atoms with Crippen molar-refractivity contribution in [3.63, 3.8) is 0 Å². The van der Waals surface area contributed by atoms with E-state index >= 15 is 0 Å². The Bertz CT molecular complexity index is 99.8. The summed E-state index contributed by atoms with van der Waals surface area (Å²) in [6, 6.07) is 0. The third kappa shape index (κ3) is 7.52. The van der Waals surface area contributed by atoms with Crippen LogP contribution >= 0.6 is 0 Å². The molecular formula is C9H17N. The van der Waals surface area contributed by atoms with E-state index in [0.717, 1.165) is 12.5 Å².